The van der Waals surface area contributed by atoms with Gasteiger partial charge >= 0.3 is 0 Å². The van der Waals surface area contributed by atoms with Crippen molar-refractivity contribution in [1.82, 2.24) is 0 Å². The van der Waals surface area contributed by atoms with Crippen LogP contribution in [0.1, 0.15) is 36.3 Å². The molecule has 1 aliphatic carbocycles. The third-order valence-electron chi connectivity index (χ3n) is 4.78. The quantitative estimate of drug-likeness (QED) is 0.857. The van der Waals surface area contributed by atoms with E-state index in [0.29, 0.717) is 35.4 Å². The summed E-state index contributed by atoms with van der Waals surface area (Å²) in [4.78, 5) is 12.9. The average molecular weight is 358 g/mol. The third-order valence-corrected chi connectivity index (χ3v) is 5.09. The largest absolute Gasteiger partial charge is 0.490 e. The highest BCUT2D eigenvalue weighted by Crippen LogP contribution is 2.39. The van der Waals surface area contributed by atoms with Crippen molar-refractivity contribution >= 4 is 23.2 Å². The Labute approximate surface area is 152 Å². The smallest absolute Gasteiger partial charge is 0.231 e. The molecule has 1 aliphatic heterocycles. The Hall–Kier alpha value is -2.20. The summed E-state index contributed by atoms with van der Waals surface area (Å²) >= 11 is 6.35. The van der Waals surface area contributed by atoms with Gasteiger partial charge < -0.3 is 14.8 Å². The molecule has 1 atom stereocenters. The van der Waals surface area contributed by atoms with E-state index >= 15 is 0 Å². The van der Waals surface area contributed by atoms with E-state index in [1.165, 1.54) is 5.56 Å². The molecular formula is C20H20ClNO3. The first-order valence-corrected chi connectivity index (χ1v) is 9.08. The molecule has 0 saturated heterocycles. The Morgan fingerprint density at radius 1 is 1.08 bits per heavy atom. The van der Waals surface area contributed by atoms with Gasteiger partial charge in [0.15, 0.2) is 11.5 Å². The number of benzene rings is 2. The summed E-state index contributed by atoms with van der Waals surface area (Å²) in [6.45, 7) is 1.20. The van der Waals surface area contributed by atoms with E-state index in [4.69, 9.17) is 21.1 Å². The molecule has 0 fully saturated rings. The number of halogens is 1. The first-order chi connectivity index (χ1) is 12.2. The number of hydrogen-bond acceptors (Lipinski definition) is 3. The van der Waals surface area contributed by atoms with E-state index in [1.807, 2.05) is 18.2 Å². The highest BCUT2D eigenvalue weighted by Gasteiger charge is 2.27. The first kappa shape index (κ1) is 16.3. The Kier molecular flexibility index (Phi) is 4.53. The van der Waals surface area contributed by atoms with Crippen LogP contribution in [0.2, 0.25) is 5.02 Å². The number of amides is 1. The zero-order chi connectivity index (χ0) is 17.2. The zero-order valence-electron chi connectivity index (χ0n) is 13.9. The normalized spacial score (nSPS) is 18.8. The van der Waals surface area contributed by atoms with Gasteiger partial charge in [0, 0.05) is 18.6 Å². The summed E-state index contributed by atoms with van der Waals surface area (Å²) in [5.41, 5.74) is 2.95. The lowest BCUT2D eigenvalue weighted by Crippen LogP contribution is -2.24. The van der Waals surface area contributed by atoms with Gasteiger partial charge in [-0.05, 0) is 30.4 Å². The van der Waals surface area contributed by atoms with Crippen LogP contribution in [0.15, 0.2) is 36.4 Å². The lowest BCUT2D eigenvalue weighted by molar-refractivity contribution is -0.117. The summed E-state index contributed by atoms with van der Waals surface area (Å²) in [6.07, 6.45) is 3.73. The Balaban J connectivity index is 1.59. The minimum Gasteiger partial charge on any atom is -0.490 e. The number of ether oxygens (including phenoxy) is 2. The fourth-order valence-electron chi connectivity index (χ4n) is 3.53. The first-order valence-electron chi connectivity index (χ1n) is 8.70. The standard InChI is InChI=1S/C20H20ClNO3/c21-16-11-18-19(25-10-4-9-24-18)12-17(16)22-20(23)15-8-3-6-13-5-1-2-7-14(13)15/h1-2,5,7,11-12,15H,3-4,6,8-10H2,(H,22,23)/t15-/m1/s1. The average Bonchev–Trinajstić information content (AvgIpc) is 2.86. The van der Waals surface area contributed by atoms with Gasteiger partial charge in [0.05, 0.1) is 29.8 Å². The van der Waals surface area contributed by atoms with Crippen LogP contribution in [-0.4, -0.2) is 19.1 Å². The topological polar surface area (TPSA) is 47.6 Å². The molecule has 1 amide bonds. The van der Waals surface area contributed by atoms with E-state index in [-0.39, 0.29) is 11.8 Å². The van der Waals surface area contributed by atoms with Crippen molar-refractivity contribution in [2.24, 2.45) is 0 Å². The van der Waals surface area contributed by atoms with Crippen LogP contribution in [0, 0.1) is 0 Å². The van der Waals surface area contributed by atoms with Crippen molar-refractivity contribution in [1.29, 1.82) is 0 Å². The predicted molar refractivity (Wildman–Crippen MR) is 97.8 cm³/mol. The number of fused-ring (bicyclic) bond motifs is 2. The van der Waals surface area contributed by atoms with Crippen molar-refractivity contribution < 1.29 is 14.3 Å². The molecule has 2 aliphatic rings. The Bertz CT molecular complexity index is 806. The Morgan fingerprint density at radius 2 is 1.84 bits per heavy atom. The second-order valence-electron chi connectivity index (χ2n) is 6.46. The number of hydrogen-bond donors (Lipinski definition) is 1. The van der Waals surface area contributed by atoms with Gasteiger partial charge in [-0.25, -0.2) is 0 Å². The maximum atomic E-state index is 12.9. The van der Waals surface area contributed by atoms with Crippen molar-refractivity contribution in [3.8, 4) is 11.5 Å². The Morgan fingerprint density at radius 3 is 2.68 bits per heavy atom. The van der Waals surface area contributed by atoms with Crippen LogP contribution in [0.5, 0.6) is 11.5 Å². The molecule has 4 nitrogen and oxygen atoms in total. The van der Waals surface area contributed by atoms with Gasteiger partial charge in [-0.15, -0.1) is 0 Å². The van der Waals surface area contributed by atoms with Gasteiger partial charge in [-0.1, -0.05) is 35.9 Å². The number of carbonyl (C=O) groups is 1. The summed E-state index contributed by atoms with van der Waals surface area (Å²) in [6, 6.07) is 11.6. The molecule has 0 saturated carbocycles. The van der Waals surface area contributed by atoms with Crippen LogP contribution in [-0.2, 0) is 11.2 Å². The SMILES string of the molecule is O=C(Nc1cc2c(cc1Cl)OCCCO2)[C@@H]1CCCc2ccccc21. The fourth-order valence-corrected chi connectivity index (χ4v) is 3.73. The summed E-state index contributed by atoms with van der Waals surface area (Å²) < 4.78 is 11.3. The van der Waals surface area contributed by atoms with E-state index in [9.17, 15) is 4.79 Å². The third kappa shape index (κ3) is 3.31. The van der Waals surface area contributed by atoms with Crippen LogP contribution >= 0.6 is 11.6 Å². The maximum absolute atomic E-state index is 12.9. The van der Waals surface area contributed by atoms with E-state index in [2.05, 4.69) is 11.4 Å². The molecule has 5 heteroatoms. The van der Waals surface area contributed by atoms with Crippen molar-refractivity contribution in [3.05, 3.63) is 52.5 Å². The molecule has 0 unspecified atom stereocenters. The van der Waals surface area contributed by atoms with Crippen LogP contribution in [0.25, 0.3) is 0 Å². The van der Waals surface area contributed by atoms with Gasteiger partial charge in [0.2, 0.25) is 5.91 Å². The van der Waals surface area contributed by atoms with Crippen LogP contribution < -0.4 is 14.8 Å². The molecule has 1 heterocycles. The van der Waals surface area contributed by atoms with Crippen LogP contribution in [0.4, 0.5) is 5.69 Å². The van der Waals surface area contributed by atoms with Crippen molar-refractivity contribution in [2.75, 3.05) is 18.5 Å². The van der Waals surface area contributed by atoms with Gasteiger partial charge in [-0.2, -0.15) is 0 Å². The number of aryl methyl sites for hydroxylation is 1. The molecule has 0 bridgehead atoms. The zero-order valence-corrected chi connectivity index (χ0v) is 14.6. The molecule has 2 aromatic carbocycles. The summed E-state index contributed by atoms with van der Waals surface area (Å²) in [7, 11) is 0. The molecule has 0 radical (unpaired) electrons. The lowest BCUT2D eigenvalue weighted by atomic mass is 9.82. The molecular weight excluding hydrogens is 338 g/mol. The number of carbonyl (C=O) groups excluding carboxylic acids is 1. The second kappa shape index (κ2) is 6.96. The number of rotatable bonds is 2. The molecule has 2 aromatic rings. The molecule has 0 spiro atoms. The molecule has 0 aromatic heterocycles. The highest BCUT2D eigenvalue weighted by molar-refractivity contribution is 6.34. The van der Waals surface area contributed by atoms with Gasteiger partial charge in [-0.3, -0.25) is 4.79 Å². The number of nitrogens with one attached hydrogen (secondary N) is 1. The minimum atomic E-state index is -0.142. The summed E-state index contributed by atoms with van der Waals surface area (Å²) in [5.74, 6) is 1.09. The molecule has 4 rings (SSSR count). The maximum Gasteiger partial charge on any atom is 0.231 e. The lowest BCUT2D eigenvalue weighted by Gasteiger charge is -2.25. The monoisotopic (exact) mass is 357 g/mol. The van der Waals surface area contributed by atoms with Gasteiger partial charge in [0.25, 0.3) is 0 Å². The molecule has 1 N–H and O–H groups in total. The fraction of sp³-hybridized carbons (Fsp3) is 0.350. The molecule has 25 heavy (non-hydrogen) atoms. The number of anilines is 1. The van der Waals surface area contributed by atoms with Crippen molar-refractivity contribution in [3.63, 3.8) is 0 Å². The van der Waals surface area contributed by atoms with E-state index < -0.39 is 0 Å². The minimum absolute atomic E-state index is 0.0245. The van der Waals surface area contributed by atoms with Crippen molar-refractivity contribution in [2.45, 2.75) is 31.6 Å². The molecule has 130 valence electrons. The van der Waals surface area contributed by atoms with Gasteiger partial charge in [0.1, 0.15) is 0 Å². The highest BCUT2D eigenvalue weighted by atomic mass is 35.5. The van der Waals surface area contributed by atoms with E-state index in [0.717, 1.165) is 31.2 Å². The summed E-state index contributed by atoms with van der Waals surface area (Å²) in [5, 5.41) is 3.44. The van der Waals surface area contributed by atoms with E-state index in [1.54, 1.807) is 12.1 Å². The van der Waals surface area contributed by atoms with Crippen LogP contribution in [0.3, 0.4) is 0 Å². The predicted octanol–water partition coefficient (Wildman–Crippen LogP) is 4.56. The second-order valence-corrected chi connectivity index (χ2v) is 6.87.